The van der Waals surface area contributed by atoms with E-state index >= 15 is 0 Å². The van der Waals surface area contributed by atoms with Gasteiger partial charge in [0.2, 0.25) is 5.95 Å². The molecule has 0 bridgehead atoms. The molecular formula is C13H13ClN4O3. The third-order valence-electron chi connectivity index (χ3n) is 2.73. The summed E-state index contributed by atoms with van der Waals surface area (Å²) in [7, 11) is 1.48. The molecule has 21 heavy (non-hydrogen) atoms. The molecule has 0 aliphatic heterocycles. The van der Waals surface area contributed by atoms with Crippen LogP contribution >= 0.6 is 11.6 Å². The summed E-state index contributed by atoms with van der Waals surface area (Å²) in [6.07, 6.45) is 1.18. The van der Waals surface area contributed by atoms with E-state index in [1.807, 2.05) is 6.92 Å². The zero-order chi connectivity index (χ0) is 15.4. The van der Waals surface area contributed by atoms with Crippen LogP contribution in [0.4, 0.5) is 11.6 Å². The van der Waals surface area contributed by atoms with Crippen molar-refractivity contribution in [2.24, 2.45) is 0 Å². The van der Waals surface area contributed by atoms with E-state index in [9.17, 15) is 10.1 Å². The molecule has 1 heterocycles. The van der Waals surface area contributed by atoms with Crippen LogP contribution in [0.25, 0.3) is 11.3 Å². The number of aromatic nitrogens is 2. The highest BCUT2D eigenvalue weighted by Gasteiger charge is 2.19. The minimum Gasteiger partial charge on any atom is -0.495 e. The fourth-order valence-corrected chi connectivity index (χ4v) is 1.97. The molecule has 7 nitrogen and oxygen atoms in total. The Hall–Kier alpha value is -2.41. The van der Waals surface area contributed by atoms with Crippen molar-refractivity contribution in [3.05, 3.63) is 39.5 Å². The minimum atomic E-state index is -0.522. The van der Waals surface area contributed by atoms with Crippen molar-refractivity contribution in [1.82, 2.24) is 9.97 Å². The van der Waals surface area contributed by atoms with Gasteiger partial charge in [-0.3, -0.25) is 10.1 Å². The summed E-state index contributed by atoms with van der Waals surface area (Å²) in [5.74, 6) is 0.749. The lowest BCUT2D eigenvalue weighted by molar-refractivity contribution is -0.384. The fourth-order valence-electron chi connectivity index (χ4n) is 1.77. The van der Waals surface area contributed by atoms with Gasteiger partial charge in [0, 0.05) is 12.1 Å². The summed E-state index contributed by atoms with van der Waals surface area (Å²) in [5, 5.41) is 14.5. The van der Waals surface area contributed by atoms with E-state index in [-0.39, 0.29) is 11.4 Å². The molecule has 1 aromatic carbocycles. The lowest BCUT2D eigenvalue weighted by atomic mass is 10.1. The molecule has 0 aliphatic carbocycles. The van der Waals surface area contributed by atoms with Crippen molar-refractivity contribution in [1.29, 1.82) is 0 Å². The minimum absolute atomic E-state index is 0.180. The first-order chi connectivity index (χ1) is 10.1. The Morgan fingerprint density at radius 1 is 1.48 bits per heavy atom. The van der Waals surface area contributed by atoms with Gasteiger partial charge in [-0.15, -0.1) is 0 Å². The molecule has 1 N–H and O–H groups in total. The molecule has 2 aromatic rings. The molecule has 0 aliphatic rings. The number of nitrogens with zero attached hydrogens (tertiary/aromatic N) is 3. The Balaban J connectivity index is 2.59. The van der Waals surface area contributed by atoms with E-state index in [4.69, 9.17) is 16.3 Å². The quantitative estimate of drug-likeness (QED) is 0.674. The van der Waals surface area contributed by atoms with Gasteiger partial charge in [-0.1, -0.05) is 17.7 Å². The number of methoxy groups -OCH3 is 1. The smallest absolute Gasteiger partial charge is 0.313 e. The van der Waals surface area contributed by atoms with Gasteiger partial charge in [-0.25, -0.2) is 9.97 Å². The van der Waals surface area contributed by atoms with Crippen LogP contribution < -0.4 is 10.1 Å². The van der Waals surface area contributed by atoms with E-state index < -0.39 is 4.92 Å². The van der Waals surface area contributed by atoms with Crippen LogP contribution in [0.2, 0.25) is 5.02 Å². The van der Waals surface area contributed by atoms with Crippen molar-refractivity contribution >= 4 is 23.2 Å². The van der Waals surface area contributed by atoms with Gasteiger partial charge in [0.1, 0.15) is 11.9 Å². The van der Waals surface area contributed by atoms with Crippen molar-refractivity contribution in [2.45, 2.75) is 6.92 Å². The summed E-state index contributed by atoms with van der Waals surface area (Å²) in [5.41, 5.74) is 0.562. The Kier molecular flexibility index (Phi) is 4.54. The van der Waals surface area contributed by atoms with Gasteiger partial charge >= 0.3 is 5.69 Å². The van der Waals surface area contributed by atoms with Crippen LogP contribution in [-0.4, -0.2) is 28.5 Å². The Bertz CT molecular complexity index is 678. The van der Waals surface area contributed by atoms with Crippen LogP contribution in [-0.2, 0) is 0 Å². The summed E-state index contributed by atoms with van der Waals surface area (Å²) >= 11 is 5.96. The van der Waals surface area contributed by atoms with Gasteiger partial charge in [0.05, 0.1) is 17.1 Å². The average molecular weight is 309 g/mol. The number of hydrogen-bond acceptors (Lipinski definition) is 6. The van der Waals surface area contributed by atoms with Gasteiger partial charge in [-0.05, 0) is 19.1 Å². The first-order valence-electron chi connectivity index (χ1n) is 6.16. The van der Waals surface area contributed by atoms with Gasteiger partial charge in [0.15, 0.2) is 5.69 Å². The number of benzene rings is 1. The number of anilines is 1. The van der Waals surface area contributed by atoms with Crippen molar-refractivity contribution in [3.63, 3.8) is 0 Å². The van der Waals surface area contributed by atoms with E-state index in [1.165, 1.54) is 13.3 Å². The number of nitro groups is 1. The number of halogens is 1. The molecule has 0 fully saturated rings. The summed E-state index contributed by atoms with van der Waals surface area (Å²) in [4.78, 5) is 18.7. The summed E-state index contributed by atoms with van der Waals surface area (Å²) in [6, 6.07) is 4.86. The first-order valence-corrected chi connectivity index (χ1v) is 6.53. The largest absolute Gasteiger partial charge is 0.495 e. The topological polar surface area (TPSA) is 90.2 Å². The standard InChI is InChI=1S/C13H13ClN4O3/c1-3-15-13-16-7-10(18(19)20)12(17-13)8-4-5-9(14)11(6-8)21-2/h4-7H,3H2,1-2H3,(H,15,16,17). The van der Waals surface area contributed by atoms with Crippen LogP contribution in [0.1, 0.15) is 6.92 Å². The molecule has 0 unspecified atom stereocenters. The third-order valence-corrected chi connectivity index (χ3v) is 3.04. The molecule has 0 saturated heterocycles. The van der Waals surface area contributed by atoms with Gasteiger partial charge < -0.3 is 10.1 Å². The highest BCUT2D eigenvalue weighted by atomic mass is 35.5. The molecular weight excluding hydrogens is 296 g/mol. The third kappa shape index (κ3) is 3.19. The number of nitrogens with one attached hydrogen (secondary N) is 1. The maximum atomic E-state index is 11.1. The number of rotatable bonds is 5. The van der Waals surface area contributed by atoms with Crippen molar-refractivity contribution < 1.29 is 9.66 Å². The zero-order valence-corrected chi connectivity index (χ0v) is 12.2. The second kappa shape index (κ2) is 6.36. The molecule has 0 radical (unpaired) electrons. The molecule has 2 rings (SSSR count). The van der Waals surface area contributed by atoms with Crippen LogP contribution in [0.15, 0.2) is 24.4 Å². The average Bonchev–Trinajstić information content (AvgIpc) is 2.48. The highest BCUT2D eigenvalue weighted by molar-refractivity contribution is 6.32. The maximum absolute atomic E-state index is 11.1. The van der Waals surface area contributed by atoms with Gasteiger partial charge in [0.25, 0.3) is 0 Å². The van der Waals surface area contributed by atoms with E-state index in [0.717, 1.165) is 0 Å². The van der Waals surface area contributed by atoms with E-state index in [2.05, 4.69) is 15.3 Å². The molecule has 0 saturated carbocycles. The summed E-state index contributed by atoms with van der Waals surface area (Å²) in [6.45, 7) is 2.50. The molecule has 0 atom stereocenters. The first kappa shape index (κ1) is 15.0. The number of ether oxygens (including phenoxy) is 1. The van der Waals surface area contributed by atoms with Crippen LogP contribution in [0, 0.1) is 10.1 Å². The predicted molar refractivity (Wildman–Crippen MR) is 79.8 cm³/mol. The van der Waals surface area contributed by atoms with Gasteiger partial charge in [-0.2, -0.15) is 0 Å². The Morgan fingerprint density at radius 2 is 2.24 bits per heavy atom. The van der Waals surface area contributed by atoms with Crippen LogP contribution in [0.5, 0.6) is 5.75 Å². The lowest BCUT2D eigenvalue weighted by Crippen LogP contribution is -2.05. The monoisotopic (exact) mass is 308 g/mol. The second-order valence-corrected chi connectivity index (χ2v) is 4.47. The highest BCUT2D eigenvalue weighted by Crippen LogP contribution is 2.33. The summed E-state index contributed by atoms with van der Waals surface area (Å²) < 4.78 is 5.12. The molecule has 1 aromatic heterocycles. The Morgan fingerprint density at radius 3 is 2.86 bits per heavy atom. The molecule has 110 valence electrons. The van der Waals surface area contributed by atoms with E-state index in [1.54, 1.807) is 18.2 Å². The lowest BCUT2D eigenvalue weighted by Gasteiger charge is -2.08. The SMILES string of the molecule is CCNc1ncc([N+](=O)[O-])c(-c2ccc(Cl)c(OC)c2)n1. The second-order valence-electron chi connectivity index (χ2n) is 4.06. The van der Waals surface area contributed by atoms with E-state index in [0.29, 0.717) is 28.8 Å². The maximum Gasteiger partial charge on any atom is 0.313 e. The molecule has 0 amide bonds. The normalized spacial score (nSPS) is 10.2. The number of hydrogen-bond donors (Lipinski definition) is 1. The predicted octanol–water partition coefficient (Wildman–Crippen LogP) is 3.15. The zero-order valence-electron chi connectivity index (χ0n) is 11.5. The van der Waals surface area contributed by atoms with Crippen molar-refractivity contribution in [2.75, 3.05) is 19.0 Å². The Labute approximate surface area is 126 Å². The molecule has 8 heteroatoms. The van der Waals surface area contributed by atoms with Crippen molar-refractivity contribution in [3.8, 4) is 17.0 Å². The fraction of sp³-hybridized carbons (Fsp3) is 0.231. The molecule has 0 spiro atoms. The van der Waals surface area contributed by atoms with Crippen LogP contribution in [0.3, 0.4) is 0 Å².